The van der Waals surface area contributed by atoms with Gasteiger partial charge in [-0.25, -0.2) is 0 Å². The van der Waals surface area contributed by atoms with Crippen LogP contribution in [0.3, 0.4) is 0 Å². The molecule has 1 saturated heterocycles. The van der Waals surface area contributed by atoms with E-state index in [1.807, 2.05) is 12.1 Å². The number of rotatable bonds is 6. The van der Waals surface area contributed by atoms with E-state index in [0.717, 1.165) is 18.6 Å². The molecule has 1 aliphatic heterocycles. The zero-order valence-corrected chi connectivity index (χ0v) is 11.5. The Bertz CT molecular complexity index is 450. The lowest BCUT2D eigenvalue weighted by molar-refractivity contribution is -0.123. The number of hydrogen-bond acceptors (Lipinski definition) is 4. The molecule has 0 unspecified atom stereocenters. The molecule has 2 heterocycles. The number of carbonyl (C=O) groups is 1. The quantitative estimate of drug-likeness (QED) is 0.823. The van der Waals surface area contributed by atoms with E-state index >= 15 is 0 Å². The smallest absolute Gasteiger partial charge is 0.223 e. The highest BCUT2D eigenvalue weighted by Gasteiger charge is 2.46. The Morgan fingerprint density at radius 1 is 1.55 bits per heavy atom. The summed E-state index contributed by atoms with van der Waals surface area (Å²) in [7, 11) is 0. The van der Waals surface area contributed by atoms with Crippen molar-refractivity contribution in [1.29, 1.82) is 0 Å². The summed E-state index contributed by atoms with van der Waals surface area (Å²) in [6.07, 6.45) is 4.09. The van der Waals surface area contributed by atoms with E-state index in [9.17, 15) is 4.79 Å². The second-order valence-electron chi connectivity index (χ2n) is 5.96. The average Bonchev–Trinajstić information content (AvgIpc) is 2.89. The van der Waals surface area contributed by atoms with Gasteiger partial charge in [0.25, 0.3) is 0 Å². The van der Waals surface area contributed by atoms with Gasteiger partial charge < -0.3 is 19.6 Å². The first-order valence-corrected chi connectivity index (χ1v) is 7.24. The fourth-order valence-electron chi connectivity index (χ4n) is 3.02. The average molecular weight is 279 g/mol. The molecule has 0 aromatic carbocycles. The number of furan rings is 1. The molecule has 5 heteroatoms. The highest BCUT2D eigenvalue weighted by atomic mass is 16.5. The van der Waals surface area contributed by atoms with Gasteiger partial charge in [0.1, 0.15) is 5.76 Å². The maximum atomic E-state index is 12.2. The van der Waals surface area contributed by atoms with Gasteiger partial charge in [0.2, 0.25) is 5.91 Å². The maximum Gasteiger partial charge on any atom is 0.223 e. The van der Waals surface area contributed by atoms with Crippen LogP contribution >= 0.6 is 0 Å². The van der Waals surface area contributed by atoms with E-state index in [1.165, 1.54) is 0 Å². The normalized spacial score (nSPS) is 32.2. The molecule has 0 radical (unpaired) electrons. The lowest BCUT2D eigenvalue weighted by Gasteiger charge is -2.26. The summed E-state index contributed by atoms with van der Waals surface area (Å²) in [4.78, 5) is 12.2. The van der Waals surface area contributed by atoms with Gasteiger partial charge in [-0.15, -0.1) is 0 Å². The van der Waals surface area contributed by atoms with E-state index in [-0.39, 0.29) is 29.8 Å². The van der Waals surface area contributed by atoms with E-state index in [1.54, 1.807) is 6.26 Å². The molecule has 20 heavy (non-hydrogen) atoms. The first-order chi connectivity index (χ1) is 9.74. The van der Waals surface area contributed by atoms with Crippen LogP contribution in [0.25, 0.3) is 0 Å². The predicted molar refractivity (Wildman–Crippen MR) is 72.1 cm³/mol. The van der Waals surface area contributed by atoms with Crippen LogP contribution in [-0.4, -0.2) is 37.4 Å². The molecule has 1 saturated carbocycles. The van der Waals surface area contributed by atoms with Crippen molar-refractivity contribution in [2.45, 2.75) is 25.2 Å². The topological polar surface area (TPSA) is 71.7 Å². The van der Waals surface area contributed by atoms with Crippen molar-refractivity contribution < 1.29 is 19.1 Å². The summed E-state index contributed by atoms with van der Waals surface area (Å²) in [5, 5.41) is 12.2. The number of amides is 1. The van der Waals surface area contributed by atoms with Crippen molar-refractivity contribution in [1.82, 2.24) is 5.32 Å². The fraction of sp³-hybridized carbons (Fsp3) is 0.667. The molecule has 2 aliphatic rings. The Hall–Kier alpha value is -1.33. The minimum Gasteiger partial charge on any atom is -0.469 e. The van der Waals surface area contributed by atoms with Gasteiger partial charge in [0.05, 0.1) is 12.9 Å². The third-order valence-corrected chi connectivity index (χ3v) is 4.50. The first-order valence-electron chi connectivity index (χ1n) is 7.24. The minimum absolute atomic E-state index is 0.0367. The van der Waals surface area contributed by atoms with Gasteiger partial charge in [-0.1, -0.05) is 0 Å². The summed E-state index contributed by atoms with van der Waals surface area (Å²) in [6, 6.07) is 3.78. The summed E-state index contributed by atoms with van der Waals surface area (Å²) < 4.78 is 10.8. The largest absolute Gasteiger partial charge is 0.469 e. The van der Waals surface area contributed by atoms with Crippen LogP contribution in [0.15, 0.2) is 22.8 Å². The number of aliphatic hydroxyl groups is 1. The SMILES string of the molecule is O=C(NC[C@]1(CCO)CCOC1)[C@H]1C[C@@H]1c1ccco1. The lowest BCUT2D eigenvalue weighted by Crippen LogP contribution is -2.39. The second-order valence-corrected chi connectivity index (χ2v) is 5.96. The number of ether oxygens (including phenoxy) is 1. The number of nitrogens with one attached hydrogen (secondary N) is 1. The first kappa shape index (κ1) is 13.6. The number of carbonyl (C=O) groups excluding carboxylic acids is 1. The molecule has 110 valence electrons. The highest BCUT2D eigenvalue weighted by molar-refractivity contribution is 5.82. The Balaban J connectivity index is 1.50. The van der Waals surface area contributed by atoms with Gasteiger partial charge >= 0.3 is 0 Å². The van der Waals surface area contributed by atoms with E-state index < -0.39 is 0 Å². The molecule has 0 spiro atoms. The Morgan fingerprint density at radius 3 is 3.10 bits per heavy atom. The molecule has 3 atom stereocenters. The van der Waals surface area contributed by atoms with Gasteiger partial charge in [0, 0.05) is 37.0 Å². The van der Waals surface area contributed by atoms with Crippen LogP contribution in [0.5, 0.6) is 0 Å². The molecule has 5 nitrogen and oxygen atoms in total. The number of hydrogen-bond donors (Lipinski definition) is 2. The molecule has 2 fully saturated rings. The van der Waals surface area contributed by atoms with E-state index in [4.69, 9.17) is 14.3 Å². The summed E-state index contributed by atoms with van der Waals surface area (Å²) in [6.45, 7) is 2.07. The monoisotopic (exact) mass is 279 g/mol. The van der Waals surface area contributed by atoms with Crippen molar-refractivity contribution in [2.75, 3.05) is 26.4 Å². The van der Waals surface area contributed by atoms with Gasteiger partial charge in [-0.3, -0.25) is 4.79 Å². The molecule has 0 bridgehead atoms. The Kier molecular flexibility index (Phi) is 3.81. The molecule has 1 aliphatic carbocycles. The third-order valence-electron chi connectivity index (χ3n) is 4.50. The second kappa shape index (κ2) is 5.58. The Morgan fingerprint density at radius 2 is 2.45 bits per heavy atom. The zero-order valence-electron chi connectivity index (χ0n) is 11.5. The summed E-state index contributed by atoms with van der Waals surface area (Å²) >= 11 is 0. The summed E-state index contributed by atoms with van der Waals surface area (Å²) in [5.74, 6) is 1.27. The maximum absolute atomic E-state index is 12.2. The van der Waals surface area contributed by atoms with Gasteiger partial charge in [-0.2, -0.15) is 0 Å². The van der Waals surface area contributed by atoms with Crippen molar-refractivity contribution in [3.63, 3.8) is 0 Å². The van der Waals surface area contributed by atoms with Crippen molar-refractivity contribution in [3.05, 3.63) is 24.2 Å². The molecule has 3 rings (SSSR count). The fourth-order valence-corrected chi connectivity index (χ4v) is 3.02. The predicted octanol–water partition coefficient (Wildman–Crippen LogP) is 1.29. The van der Waals surface area contributed by atoms with Crippen LogP contribution in [-0.2, 0) is 9.53 Å². The van der Waals surface area contributed by atoms with Gasteiger partial charge in [-0.05, 0) is 31.4 Å². The van der Waals surface area contributed by atoms with Crippen LogP contribution in [0, 0.1) is 11.3 Å². The van der Waals surface area contributed by atoms with E-state index in [0.29, 0.717) is 26.2 Å². The number of aliphatic hydroxyl groups excluding tert-OH is 1. The van der Waals surface area contributed by atoms with E-state index in [2.05, 4.69) is 5.32 Å². The van der Waals surface area contributed by atoms with Crippen molar-refractivity contribution in [2.24, 2.45) is 11.3 Å². The van der Waals surface area contributed by atoms with Crippen molar-refractivity contribution >= 4 is 5.91 Å². The molecule has 1 aromatic rings. The molecule has 1 aromatic heterocycles. The lowest BCUT2D eigenvalue weighted by atomic mass is 9.84. The zero-order chi connectivity index (χ0) is 14.0. The third kappa shape index (κ3) is 2.74. The van der Waals surface area contributed by atoms with Crippen LogP contribution in [0.4, 0.5) is 0 Å². The van der Waals surface area contributed by atoms with Crippen molar-refractivity contribution in [3.8, 4) is 0 Å². The summed E-state index contributed by atoms with van der Waals surface area (Å²) in [5.41, 5.74) is -0.0839. The molecular weight excluding hydrogens is 258 g/mol. The Labute approximate surface area is 118 Å². The molecule has 1 amide bonds. The molecular formula is C15H21NO4. The van der Waals surface area contributed by atoms with Crippen LogP contribution in [0.1, 0.15) is 30.9 Å². The standard InChI is InChI=1S/C15H21NO4/c17-5-3-15(4-7-19-10-15)9-16-14(18)12-8-11(12)13-2-1-6-20-13/h1-2,6,11-12,17H,3-5,7-10H2,(H,16,18)/t11-,12-,15-/m0/s1. The highest BCUT2D eigenvalue weighted by Crippen LogP contribution is 2.47. The van der Waals surface area contributed by atoms with Crippen LogP contribution < -0.4 is 5.32 Å². The van der Waals surface area contributed by atoms with Crippen LogP contribution in [0.2, 0.25) is 0 Å². The molecule has 2 N–H and O–H groups in total. The van der Waals surface area contributed by atoms with Gasteiger partial charge in [0.15, 0.2) is 0 Å². The minimum atomic E-state index is -0.0839.